The average molecular weight is 242 g/mol. The third-order valence-electron chi connectivity index (χ3n) is 3.25. The van der Waals surface area contributed by atoms with E-state index in [1.165, 1.54) is 25.0 Å². The molecule has 0 aromatic carbocycles. The highest BCUT2D eigenvalue weighted by atomic mass is 32.2. The lowest BCUT2D eigenvalue weighted by Gasteiger charge is -2.32. The molecule has 0 aliphatic carbocycles. The SMILES string of the molecule is CC1(C)CCSC(=NCC2CCOCC2)N1. The van der Waals surface area contributed by atoms with Gasteiger partial charge in [-0.2, -0.15) is 0 Å². The van der Waals surface area contributed by atoms with Crippen molar-refractivity contribution in [2.24, 2.45) is 10.9 Å². The van der Waals surface area contributed by atoms with E-state index in [-0.39, 0.29) is 5.54 Å². The molecule has 0 atom stereocenters. The van der Waals surface area contributed by atoms with Gasteiger partial charge in [-0.15, -0.1) is 0 Å². The second-order valence-electron chi connectivity index (χ2n) is 5.31. The normalized spacial score (nSPS) is 29.0. The first-order valence-corrected chi connectivity index (χ1v) is 7.17. The predicted molar refractivity (Wildman–Crippen MR) is 70.1 cm³/mol. The summed E-state index contributed by atoms with van der Waals surface area (Å²) in [6, 6.07) is 0. The molecule has 0 amide bonds. The third-order valence-corrected chi connectivity index (χ3v) is 4.16. The lowest BCUT2D eigenvalue weighted by Crippen LogP contribution is -2.46. The van der Waals surface area contributed by atoms with E-state index in [0.717, 1.165) is 30.8 Å². The number of ether oxygens (including phenoxy) is 1. The Labute approximate surface area is 102 Å². The van der Waals surface area contributed by atoms with Gasteiger partial charge in [-0.1, -0.05) is 11.8 Å². The zero-order valence-corrected chi connectivity index (χ0v) is 11.1. The maximum Gasteiger partial charge on any atom is 0.156 e. The molecule has 2 rings (SSSR count). The van der Waals surface area contributed by atoms with Gasteiger partial charge in [-0.25, -0.2) is 0 Å². The van der Waals surface area contributed by atoms with Crippen molar-refractivity contribution in [3.05, 3.63) is 0 Å². The molecule has 0 aromatic heterocycles. The maximum absolute atomic E-state index is 5.36. The highest BCUT2D eigenvalue weighted by molar-refractivity contribution is 8.13. The van der Waals surface area contributed by atoms with Crippen LogP contribution in [-0.4, -0.2) is 36.2 Å². The minimum atomic E-state index is 0.222. The standard InChI is InChI=1S/C12H22N2OS/c1-12(2)5-8-16-11(14-12)13-9-10-3-6-15-7-4-10/h10H,3-9H2,1-2H3,(H,13,14). The lowest BCUT2D eigenvalue weighted by molar-refractivity contribution is 0.0689. The second-order valence-corrected chi connectivity index (χ2v) is 6.39. The number of hydrogen-bond donors (Lipinski definition) is 1. The molecule has 2 fully saturated rings. The van der Waals surface area contributed by atoms with Crippen LogP contribution in [0.15, 0.2) is 4.99 Å². The van der Waals surface area contributed by atoms with Gasteiger partial charge in [-0.05, 0) is 39.0 Å². The Morgan fingerprint density at radius 1 is 1.44 bits per heavy atom. The molecule has 0 radical (unpaired) electrons. The minimum absolute atomic E-state index is 0.222. The first-order valence-electron chi connectivity index (χ1n) is 6.19. The molecule has 2 heterocycles. The topological polar surface area (TPSA) is 33.6 Å². The summed E-state index contributed by atoms with van der Waals surface area (Å²) in [5.41, 5.74) is 0.222. The first-order chi connectivity index (χ1) is 7.66. The average Bonchev–Trinajstić information content (AvgIpc) is 2.27. The van der Waals surface area contributed by atoms with Crippen molar-refractivity contribution in [2.45, 2.75) is 38.6 Å². The highest BCUT2D eigenvalue weighted by Gasteiger charge is 2.24. The van der Waals surface area contributed by atoms with E-state index in [4.69, 9.17) is 9.73 Å². The van der Waals surface area contributed by atoms with Crippen LogP contribution in [0.5, 0.6) is 0 Å². The Hall–Kier alpha value is -0.220. The molecule has 92 valence electrons. The van der Waals surface area contributed by atoms with E-state index in [1.54, 1.807) is 0 Å². The van der Waals surface area contributed by atoms with Crippen molar-refractivity contribution in [2.75, 3.05) is 25.5 Å². The summed E-state index contributed by atoms with van der Waals surface area (Å²) in [6.07, 6.45) is 3.56. The van der Waals surface area contributed by atoms with Crippen LogP contribution in [0, 0.1) is 5.92 Å². The van der Waals surface area contributed by atoms with E-state index in [9.17, 15) is 0 Å². The number of amidine groups is 1. The quantitative estimate of drug-likeness (QED) is 0.806. The van der Waals surface area contributed by atoms with Crippen LogP contribution in [0.3, 0.4) is 0 Å². The van der Waals surface area contributed by atoms with Gasteiger partial charge in [0.25, 0.3) is 0 Å². The van der Waals surface area contributed by atoms with Crippen molar-refractivity contribution in [3.8, 4) is 0 Å². The summed E-state index contributed by atoms with van der Waals surface area (Å²) in [5, 5.41) is 4.66. The molecule has 16 heavy (non-hydrogen) atoms. The van der Waals surface area contributed by atoms with Crippen molar-refractivity contribution < 1.29 is 4.74 Å². The largest absolute Gasteiger partial charge is 0.381 e. The molecular formula is C12H22N2OS. The summed E-state index contributed by atoms with van der Waals surface area (Å²) < 4.78 is 5.36. The number of thioether (sulfide) groups is 1. The zero-order valence-electron chi connectivity index (χ0n) is 10.3. The summed E-state index contributed by atoms with van der Waals surface area (Å²) in [5.74, 6) is 1.92. The molecule has 0 spiro atoms. The summed E-state index contributed by atoms with van der Waals surface area (Å²) >= 11 is 1.86. The van der Waals surface area contributed by atoms with E-state index >= 15 is 0 Å². The van der Waals surface area contributed by atoms with Crippen molar-refractivity contribution in [3.63, 3.8) is 0 Å². The Balaban J connectivity index is 1.81. The molecule has 2 saturated heterocycles. The molecule has 0 aromatic rings. The molecule has 1 N–H and O–H groups in total. The molecule has 2 aliphatic heterocycles. The molecule has 0 bridgehead atoms. The van der Waals surface area contributed by atoms with E-state index in [0.29, 0.717) is 0 Å². The van der Waals surface area contributed by atoms with Gasteiger partial charge in [0.15, 0.2) is 5.17 Å². The van der Waals surface area contributed by atoms with Gasteiger partial charge in [0.1, 0.15) is 0 Å². The zero-order chi connectivity index (χ0) is 11.4. The fourth-order valence-electron chi connectivity index (χ4n) is 2.02. The predicted octanol–water partition coefficient (Wildman–Crippen LogP) is 2.27. The number of aliphatic imine (C=N–C) groups is 1. The summed E-state index contributed by atoms with van der Waals surface area (Å²) in [6.45, 7) is 7.30. The Bertz CT molecular complexity index is 260. The van der Waals surface area contributed by atoms with E-state index in [2.05, 4.69) is 19.2 Å². The van der Waals surface area contributed by atoms with Gasteiger partial charge in [0.2, 0.25) is 0 Å². The highest BCUT2D eigenvalue weighted by Crippen LogP contribution is 2.22. The first kappa shape index (κ1) is 12.2. The number of rotatable bonds is 2. The Kier molecular flexibility index (Phi) is 4.14. The molecule has 3 nitrogen and oxygen atoms in total. The summed E-state index contributed by atoms with van der Waals surface area (Å²) in [7, 11) is 0. The Morgan fingerprint density at radius 2 is 2.19 bits per heavy atom. The van der Waals surface area contributed by atoms with Crippen LogP contribution in [0.4, 0.5) is 0 Å². The van der Waals surface area contributed by atoms with Crippen molar-refractivity contribution >= 4 is 16.9 Å². The van der Waals surface area contributed by atoms with E-state index in [1.807, 2.05) is 11.8 Å². The number of hydrogen-bond acceptors (Lipinski definition) is 3. The van der Waals surface area contributed by atoms with Crippen LogP contribution in [0.2, 0.25) is 0 Å². The van der Waals surface area contributed by atoms with Gasteiger partial charge in [-0.3, -0.25) is 4.99 Å². The van der Waals surface area contributed by atoms with Gasteiger partial charge >= 0.3 is 0 Å². The Morgan fingerprint density at radius 3 is 2.88 bits per heavy atom. The van der Waals surface area contributed by atoms with Crippen molar-refractivity contribution in [1.29, 1.82) is 0 Å². The molecule has 2 aliphatic rings. The van der Waals surface area contributed by atoms with Gasteiger partial charge in [0.05, 0.1) is 0 Å². The second kappa shape index (κ2) is 5.41. The molecule has 0 unspecified atom stereocenters. The molecule has 0 saturated carbocycles. The van der Waals surface area contributed by atoms with Crippen LogP contribution < -0.4 is 5.32 Å². The number of nitrogens with one attached hydrogen (secondary N) is 1. The van der Waals surface area contributed by atoms with Crippen molar-refractivity contribution in [1.82, 2.24) is 5.32 Å². The van der Waals surface area contributed by atoms with Crippen LogP contribution >= 0.6 is 11.8 Å². The lowest BCUT2D eigenvalue weighted by atomic mass is 10.0. The maximum atomic E-state index is 5.36. The number of nitrogens with zero attached hydrogens (tertiary/aromatic N) is 1. The smallest absolute Gasteiger partial charge is 0.156 e. The van der Waals surface area contributed by atoms with Crippen LogP contribution in [0.1, 0.15) is 33.1 Å². The van der Waals surface area contributed by atoms with Gasteiger partial charge in [0, 0.05) is 31.1 Å². The fraction of sp³-hybridized carbons (Fsp3) is 0.917. The summed E-state index contributed by atoms with van der Waals surface area (Å²) in [4.78, 5) is 4.72. The monoisotopic (exact) mass is 242 g/mol. The van der Waals surface area contributed by atoms with E-state index < -0.39 is 0 Å². The third kappa shape index (κ3) is 3.67. The van der Waals surface area contributed by atoms with Crippen LogP contribution in [-0.2, 0) is 4.74 Å². The minimum Gasteiger partial charge on any atom is -0.381 e. The fourth-order valence-corrected chi connectivity index (χ4v) is 3.34. The molecular weight excluding hydrogens is 220 g/mol. The molecule has 4 heteroatoms. The van der Waals surface area contributed by atoms with Gasteiger partial charge < -0.3 is 10.1 Å². The van der Waals surface area contributed by atoms with Crippen LogP contribution in [0.25, 0.3) is 0 Å².